The maximum absolute atomic E-state index is 12.2. The van der Waals surface area contributed by atoms with Gasteiger partial charge in [-0.05, 0) is 36.4 Å². The second-order valence-electron chi connectivity index (χ2n) is 4.79. The number of rotatable bonds is 3. The molecular formula is C15H15N3O3. The number of hydrogen-bond acceptors (Lipinski definition) is 3. The Labute approximate surface area is 121 Å². The van der Waals surface area contributed by atoms with Gasteiger partial charge in [0.15, 0.2) is 0 Å². The lowest BCUT2D eigenvalue weighted by atomic mass is 10.2. The van der Waals surface area contributed by atoms with Gasteiger partial charge in [0.2, 0.25) is 5.91 Å². The van der Waals surface area contributed by atoms with Gasteiger partial charge in [-0.25, -0.2) is 0 Å². The summed E-state index contributed by atoms with van der Waals surface area (Å²) >= 11 is 0. The number of fused-ring (bicyclic) bond motifs is 1. The van der Waals surface area contributed by atoms with Crippen LogP contribution in [0.2, 0.25) is 0 Å². The van der Waals surface area contributed by atoms with Crippen LogP contribution in [0.4, 0.5) is 5.69 Å². The summed E-state index contributed by atoms with van der Waals surface area (Å²) in [6, 6.07) is 9.97. The normalized spacial score (nSPS) is 16.8. The van der Waals surface area contributed by atoms with Crippen LogP contribution >= 0.6 is 0 Å². The molecule has 0 saturated carbocycles. The highest BCUT2D eigenvalue weighted by Crippen LogP contribution is 2.16. The van der Waals surface area contributed by atoms with E-state index in [4.69, 9.17) is 4.74 Å². The molecule has 1 aliphatic rings. The van der Waals surface area contributed by atoms with Crippen molar-refractivity contribution in [3.05, 3.63) is 48.3 Å². The predicted molar refractivity (Wildman–Crippen MR) is 77.3 cm³/mol. The van der Waals surface area contributed by atoms with Gasteiger partial charge in [-0.3, -0.25) is 9.59 Å². The van der Waals surface area contributed by atoms with E-state index in [0.29, 0.717) is 17.9 Å². The van der Waals surface area contributed by atoms with Crippen LogP contribution in [0.15, 0.2) is 42.6 Å². The van der Waals surface area contributed by atoms with Crippen LogP contribution in [0.5, 0.6) is 5.75 Å². The molecule has 1 aromatic heterocycles. The van der Waals surface area contributed by atoms with Crippen LogP contribution in [-0.2, 0) is 11.3 Å². The monoisotopic (exact) mass is 285 g/mol. The standard InChI is InChI=1S/C15H15N3O3/c1-21-11-6-4-10(5-7-11)16-14(19)12-9-18-8-2-3-13(18)15(20)17-12/h2-8,12H,9H2,1H3,(H,16,19)(H,17,20)/t12-/m0/s1. The number of nitrogens with zero attached hydrogens (tertiary/aromatic N) is 1. The smallest absolute Gasteiger partial charge is 0.268 e. The summed E-state index contributed by atoms with van der Waals surface area (Å²) in [6.07, 6.45) is 1.79. The number of benzene rings is 1. The maximum atomic E-state index is 12.2. The van der Waals surface area contributed by atoms with Crippen LogP contribution < -0.4 is 15.4 Å². The number of carbonyl (C=O) groups excluding carboxylic acids is 2. The van der Waals surface area contributed by atoms with Crippen LogP contribution in [-0.4, -0.2) is 29.5 Å². The van der Waals surface area contributed by atoms with Gasteiger partial charge in [-0.1, -0.05) is 0 Å². The first-order valence-electron chi connectivity index (χ1n) is 6.58. The minimum Gasteiger partial charge on any atom is -0.497 e. The van der Waals surface area contributed by atoms with Crippen LogP contribution in [0, 0.1) is 0 Å². The van der Waals surface area contributed by atoms with Crippen molar-refractivity contribution in [1.29, 1.82) is 0 Å². The van der Waals surface area contributed by atoms with Gasteiger partial charge in [0.1, 0.15) is 17.5 Å². The van der Waals surface area contributed by atoms with Crippen molar-refractivity contribution < 1.29 is 14.3 Å². The zero-order valence-corrected chi connectivity index (χ0v) is 11.5. The number of aromatic nitrogens is 1. The molecule has 1 aromatic carbocycles. The Balaban J connectivity index is 1.70. The quantitative estimate of drug-likeness (QED) is 0.891. The largest absolute Gasteiger partial charge is 0.497 e. The summed E-state index contributed by atoms with van der Waals surface area (Å²) in [5, 5.41) is 5.49. The average Bonchev–Trinajstić information content (AvgIpc) is 2.97. The minimum absolute atomic E-state index is 0.235. The molecule has 0 bridgehead atoms. The Morgan fingerprint density at radius 1 is 1.33 bits per heavy atom. The average molecular weight is 285 g/mol. The lowest BCUT2D eigenvalue weighted by Gasteiger charge is -2.24. The van der Waals surface area contributed by atoms with Crippen LogP contribution in [0.25, 0.3) is 0 Å². The number of hydrogen-bond donors (Lipinski definition) is 2. The van der Waals surface area contributed by atoms with E-state index in [0.717, 1.165) is 5.75 Å². The third kappa shape index (κ3) is 2.60. The number of carbonyl (C=O) groups is 2. The zero-order valence-electron chi connectivity index (χ0n) is 11.5. The summed E-state index contributed by atoms with van der Waals surface area (Å²) in [7, 11) is 1.58. The molecule has 2 N–H and O–H groups in total. The topological polar surface area (TPSA) is 72.4 Å². The van der Waals surface area contributed by atoms with Crippen molar-refractivity contribution in [2.45, 2.75) is 12.6 Å². The fourth-order valence-electron chi connectivity index (χ4n) is 2.31. The summed E-state index contributed by atoms with van der Waals surface area (Å²) in [6.45, 7) is 0.427. The molecule has 0 radical (unpaired) electrons. The molecule has 21 heavy (non-hydrogen) atoms. The van der Waals surface area contributed by atoms with Gasteiger partial charge in [0.25, 0.3) is 5.91 Å². The van der Waals surface area contributed by atoms with Gasteiger partial charge in [-0.15, -0.1) is 0 Å². The molecule has 1 aliphatic heterocycles. The maximum Gasteiger partial charge on any atom is 0.268 e. The second-order valence-corrected chi connectivity index (χ2v) is 4.79. The Morgan fingerprint density at radius 3 is 2.81 bits per heavy atom. The highest BCUT2D eigenvalue weighted by atomic mass is 16.5. The van der Waals surface area contributed by atoms with Gasteiger partial charge >= 0.3 is 0 Å². The summed E-state index contributed by atoms with van der Waals surface area (Å²) < 4.78 is 6.84. The fourth-order valence-corrected chi connectivity index (χ4v) is 2.31. The summed E-state index contributed by atoms with van der Waals surface area (Å²) in [4.78, 5) is 24.1. The van der Waals surface area contributed by atoms with Gasteiger partial charge < -0.3 is 19.9 Å². The molecule has 0 unspecified atom stereocenters. The van der Waals surface area contributed by atoms with E-state index in [1.807, 2.05) is 0 Å². The van der Waals surface area contributed by atoms with Crippen LogP contribution in [0.1, 0.15) is 10.5 Å². The molecule has 2 amide bonds. The molecule has 6 heteroatoms. The van der Waals surface area contributed by atoms with Crippen molar-refractivity contribution in [2.24, 2.45) is 0 Å². The van der Waals surface area contributed by atoms with E-state index in [1.165, 1.54) is 0 Å². The first kappa shape index (κ1) is 13.2. The molecule has 0 fully saturated rings. The third-order valence-corrected chi connectivity index (χ3v) is 3.42. The molecule has 1 atom stereocenters. The second kappa shape index (κ2) is 5.32. The molecule has 0 aliphatic carbocycles. The van der Waals surface area contributed by atoms with E-state index in [2.05, 4.69) is 10.6 Å². The van der Waals surface area contributed by atoms with Crippen molar-refractivity contribution in [1.82, 2.24) is 9.88 Å². The molecule has 0 saturated heterocycles. The number of ether oxygens (including phenoxy) is 1. The Bertz CT molecular complexity index is 676. The number of amides is 2. The predicted octanol–water partition coefficient (Wildman–Crippen LogP) is 1.25. The van der Waals surface area contributed by atoms with E-state index < -0.39 is 6.04 Å². The SMILES string of the molecule is COc1ccc(NC(=O)[C@@H]2Cn3cccc3C(=O)N2)cc1. The van der Waals surface area contributed by atoms with E-state index >= 15 is 0 Å². The van der Waals surface area contributed by atoms with E-state index in [-0.39, 0.29) is 11.8 Å². The van der Waals surface area contributed by atoms with Gasteiger partial charge in [-0.2, -0.15) is 0 Å². The molecular weight excluding hydrogens is 270 g/mol. The van der Waals surface area contributed by atoms with Crippen molar-refractivity contribution in [2.75, 3.05) is 12.4 Å². The first-order valence-corrected chi connectivity index (χ1v) is 6.58. The van der Waals surface area contributed by atoms with Crippen LogP contribution in [0.3, 0.4) is 0 Å². The third-order valence-electron chi connectivity index (χ3n) is 3.42. The molecule has 108 valence electrons. The first-order chi connectivity index (χ1) is 10.2. The number of nitrogens with one attached hydrogen (secondary N) is 2. The lowest BCUT2D eigenvalue weighted by Crippen LogP contribution is -2.50. The highest BCUT2D eigenvalue weighted by molar-refractivity contribution is 6.01. The molecule has 3 rings (SSSR count). The van der Waals surface area contributed by atoms with E-state index in [1.54, 1.807) is 54.3 Å². The Morgan fingerprint density at radius 2 is 2.10 bits per heavy atom. The summed E-state index contributed by atoms with van der Waals surface area (Å²) in [5.74, 6) is 0.241. The Kier molecular flexibility index (Phi) is 3.35. The fraction of sp³-hybridized carbons (Fsp3) is 0.200. The molecule has 0 spiro atoms. The molecule has 6 nitrogen and oxygen atoms in total. The van der Waals surface area contributed by atoms with Gasteiger partial charge in [0.05, 0.1) is 13.7 Å². The molecule has 2 heterocycles. The number of anilines is 1. The highest BCUT2D eigenvalue weighted by Gasteiger charge is 2.28. The van der Waals surface area contributed by atoms with Crippen molar-refractivity contribution in [3.63, 3.8) is 0 Å². The van der Waals surface area contributed by atoms with Crippen molar-refractivity contribution in [3.8, 4) is 5.75 Å². The molecule has 2 aromatic rings. The van der Waals surface area contributed by atoms with E-state index in [9.17, 15) is 9.59 Å². The zero-order chi connectivity index (χ0) is 14.8. The minimum atomic E-state index is -0.584. The number of methoxy groups -OCH3 is 1. The Hall–Kier alpha value is -2.76. The van der Waals surface area contributed by atoms with Gasteiger partial charge in [0, 0.05) is 11.9 Å². The van der Waals surface area contributed by atoms with Crippen molar-refractivity contribution >= 4 is 17.5 Å². The lowest BCUT2D eigenvalue weighted by molar-refractivity contribution is -0.118. The summed E-state index contributed by atoms with van der Waals surface area (Å²) in [5.41, 5.74) is 1.23.